The minimum Gasteiger partial charge on any atom is -0.494 e. The van der Waals surface area contributed by atoms with Crippen molar-refractivity contribution >= 4 is 9.84 Å². The Morgan fingerprint density at radius 2 is 2.11 bits per heavy atom. The highest BCUT2D eigenvalue weighted by Gasteiger charge is 2.13. The minimum atomic E-state index is -2.93. The zero-order valence-electron chi connectivity index (χ0n) is 11.1. The standard InChI is InChI=1S/C13H21NO3S/c1-4-17-12-7-5-6-11(10-12)13(14-2)8-9-18(3,15)16/h5-7,10,13-14H,4,8-9H2,1-3H3. The molecule has 1 aromatic rings. The maximum Gasteiger partial charge on any atom is 0.147 e. The van der Waals surface area contributed by atoms with Crippen LogP contribution in [-0.4, -0.2) is 34.1 Å². The number of benzene rings is 1. The molecule has 0 aliphatic heterocycles. The van der Waals surface area contributed by atoms with Gasteiger partial charge in [0.05, 0.1) is 12.4 Å². The fourth-order valence-electron chi connectivity index (χ4n) is 1.80. The first-order chi connectivity index (χ1) is 8.46. The van der Waals surface area contributed by atoms with Crippen molar-refractivity contribution < 1.29 is 13.2 Å². The second-order valence-electron chi connectivity index (χ2n) is 4.27. The summed E-state index contributed by atoms with van der Waals surface area (Å²) in [6.45, 7) is 2.56. The van der Waals surface area contributed by atoms with Crippen LogP contribution in [0.1, 0.15) is 24.9 Å². The molecule has 0 bridgehead atoms. The fraction of sp³-hybridized carbons (Fsp3) is 0.538. The van der Waals surface area contributed by atoms with E-state index in [-0.39, 0.29) is 11.8 Å². The van der Waals surface area contributed by atoms with Crippen molar-refractivity contribution in [2.45, 2.75) is 19.4 Å². The van der Waals surface area contributed by atoms with Gasteiger partial charge in [-0.3, -0.25) is 0 Å². The van der Waals surface area contributed by atoms with Crippen LogP contribution in [0.15, 0.2) is 24.3 Å². The van der Waals surface area contributed by atoms with Gasteiger partial charge in [0.2, 0.25) is 0 Å². The predicted octanol–water partition coefficient (Wildman–Crippen LogP) is 1.78. The highest BCUT2D eigenvalue weighted by atomic mass is 32.2. The van der Waals surface area contributed by atoms with E-state index in [1.165, 1.54) is 6.26 Å². The van der Waals surface area contributed by atoms with Crippen LogP contribution in [0.4, 0.5) is 0 Å². The minimum absolute atomic E-state index is 0.0279. The highest BCUT2D eigenvalue weighted by Crippen LogP contribution is 2.22. The Kier molecular flexibility index (Phi) is 5.62. The lowest BCUT2D eigenvalue weighted by molar-refractivity contribution is 0.339. The van der Waals surface area contributed by atoms with Gasteiger partial charge >= 0.3 is 0 Å². The normalized spacial score (nSPS) is 13.3. The van der Waals surface area contributed by atoms with Gasteiger partial charge in [-0.1, -0.05) is 12.1 Å². The molecule has 0 saturated heterocycles. The number of hydrogen-bond acceptors (Lipinski definition) is 4. The first kappa shape index (κ1) is 15.0. The average molecular weight is 271 g/mol. The third-order valence-corrected chi connectivity index (χ3v) is 3.67. The van der Waals surface area contributed by atoms with Crippen molar-refractivity contribution in [3.05, 3.63) is 29.8 Å². The summed E-state index contributed by atoms with van der Waals surface area (Å²) >= 11 is 0. The predicted molar refractivity (Wildman–Crippen MR) is 73.7 cm³/mol. The summed E-state index contributed by atoms with van der Waals surface area (Å²) in [7, 11) is -1.10. The van der Waals surface area contributed by atoms with Crippen molar-refractivity contribution in [1.82, 2.24) is 5.32 Å². The molecule has 0 saturated carbocycles. The van der Waals surface area contributed by atoms with Gasteiger partial charge in [-0.25, -0.2) is 8.42 Å². The lowest BCUT2D eigenvalue weighted by Gasteiger charge is -2.17. The van der Waals surface area contributed by atoms with Crippen LogP contribution in [0.25, 0.3) is 0 Å². The molecule has 102 valence electrons. The number of ether oxygens (including phenoxy) is 1. The van der Waals surface area contributed by atoms with E-state index >= 15 is 0 Å². The molecule has 5 heteroatoms. The van der Waals surface area contributed by atoms with Gasteiger partial charge in [0.25, 0.3) is 0 Å². The number of hydrogen-bond donors (Lipinski definition) is 1. The smallest absolute Gasteiger partial charge is 0.147 e. The van der Waals surface area contributed by atoms with Gasteiger partial charge in [0.1, 0.15) is 15.6 Å². The van der Waals surface area contributed by atoms with E-state index in [2.05, 4.69) is 5.32 Å². The molecule has 4 nitrogen and oxygen atoms in total. The maximum atomic E-state index is 11.2. The van der Waals surface area contributed by atoms with Crippen molar-refractivity contribution in [3.8, 4) is 5.75 Å². The summed E-state index contributed by atoms with van der Waals surface area (Å²) < 4.78 is 27.8. The molecule has 0 fully saturated rings. The average Bonchev–Trinajstić information content (AvgIpc) is 2.29. The lowest BCUT2D eigenvalue weighted by atomic mass is 10.0. The molecule has 0 spiro atoms. The number of sulfone groups is 1. The Labute approximate surface area is 109 Å². The zero-order chi connectivity index (χ0) is 13.6. The first-order valence-electron chi connectivity index (χ1n) is 6.04. The van der Waals surface area contributed by atoms with Gasteiger partial charge in [-0.2, -0.15) is 0 Å². The molecule has 1 unspecified atom stereocenters. The fourth-order valence-corrected chi connectivity index (χ4v) is 2.46. The van der Waals surface area contributed by atoms with Gasteiger partial charge < -0.3 is 10.1 Å². The van der Waals surface area contributed by atoms with Crippen LogP contribution in [-0.2, 0) is 9.84 Å². The lowest BCUT2D eigenvalue weighted by Crippen LogP contribution is -2.20. The quantitative estimate of drug-likeness (QED) is 0.821. The van der Waals surface area contributed by atoms with Crippen molar-refractivity contribution in [2.24, 2.45) is 0 Å². The van der Waals surface area contributed by atoms with Crippen LogP contribution in [0, 0.1) is 0 Å². The molecule has 1 atom stereocenters. The SMILES string of the molecule is CCOc1cccc(C(CCS(C)(=O)=O)NC)c1. The van der Waals surface area contributed by atoms with Gasteiger partial charge in [-0.15, -0.1) is 0 Å². The van der Waals surface area contributed by atoms with Crippen molar-refractivity contribution in [1.29, 1.82) is 0 Å². The second-order valence-corrected chi connectivity index (χ2v) is 6.53. The molecule has 0 heterocycles. The van der Waals surface area contributed by atoms with E-state index < -0.39 is 9.84 Å². The Morgan fingerprint density at radius 1 is 1.39 bits per heavy atom. The molecule has 1 rings (SSSR count). The summed E-state index contributed by atoms with van der Waals surface area (Å²) in [5, 5.41) is 3.14. The number of rotatable bonds is 7. The molecule has 0 aromatic heterocycles. The van der Waals surface area contributed by atoms with Crippen LogP contribution in [0.2, 0.25) is 0 Å². The second kappa shape index (κ2) is 6.75. The Hall–Kier alpha value is -1.07. The van der Waals surface area contributed by atoms with Crippen LogP contribution in [0.5, 0.6) is 5.75 Å². The molecule has 0 radical (unpaired) electrons. The van der Waals surface area contributed by atoms with E-state index in [1.807, 2.05) is 38.2 Å². The summed E-state index contributed by atoms with van der Waals surface area (Å²) in [6, 6.07) is 7.78. The van der Waals surface area contributed by atoms with E-state index in [4.69, 9.17) is 4.74 Å². The van der Waals surface area contributed by atoms with E-state index in [0.717, 1.165) is 11.3 Å². The Bertz CT molecular complexity index is 471. The first-order valence-corrected chi connectivity index (χ1v) is 8.10. The Balaban J connectivity index is 2.78. The van der Waals surface area contributed by atoms with Crippen LogP contribution in [0.3, 0.4) is 0 Å². The van der Waals surface area contributed by atoms with Crippen LogP contribution < -0.4 is 10.1 Å². The third-order valence-electron chi connectivity index (χ3n) is 2.70. The molecule has 0 amide bonds. The molecule has 0 aliphatic carbocycles. The van der Waals surface area contributed by atoms with Gasteiger partial charge in [0.15, 0.2) is 0 Å². The Morgan fingerprint density at radius 3 is 2.67 bits per heavy atom. The molecule has 0 aliphatic rings. The van der Waals surface area contributed by atoms with Gasteiger partial charge in [-0.05, 0) is 38.1 Å². The molecular formula is C13H21NO3S. The van der Waals surface area contributed by atoms with Crippen molar-refractivity contribution in [2.75, 3.05) is 25.7 Å². The molecule has 1 N–H and O–H groups in total. The molecular weight excluding hydrogens is 250 g/mol. The van der Waals surface area contributed by atoms with E-state index in [9.17, 15) is 8.42 Å². The summed E-state index contributed by atoms with van der Waals surface area (Å²) in [5.74, 6) is 0.992. The largest absolute Gasteiger partial charge is 0.494 e. The topological polar surface area (TPSA) is 55.4 Å². The zero-order valence-corrected chi connectivity index (χ0v) is 12.0. The molecule has 1 aromatic carbocycles. The third kappa shape index (κ3) is 5.06. The summed E-state index contributed by atoms with van der Waals surface area (Å²) in [6.07, 6.45) is 1.82. The number of nitrogens with one attached hydrogen (secondary N) is 1. The maximum absolute atomic E-state index is 11.2. The summed E-state index contributed by atoms with van der Waals surface area (Å²) in [5.41, 5.74) is 1.05. The monoisotopic (exact) mass is 271 g/mol. The van der Waals surface area contributed by atoms with E-state index in [0.29, 0.717) is 13.0 Å². The highest BCUT2D eigenvalue weighted by molar-refractivity contribution is 7.90. The van der Waals surface area contributed by atoms with Gasteiger partial charge in [0, 0.05) is 12.3 Å². The van der Waals surface area contributed by atoms with E-state index in [1.54, 1.807) is 0 Å². The molecule has 18 heavy (non-hydrogen) atoms. The summed E-state index contributed by atoms with van der Waals surface area (Å²) in [4.78, 5) is 0. The van der Waals surface area contributed by atoms with Crippen molar-refractivity contribution in [3.63, 3.8) is 0 Å². The van der Waals surface area contributed by atoms with Crippen LogP contribution >= 0.6 is 0 Å².